The predicted molar refractivity (Wildman–Crippen MR) is 67.1 cm³/mol. The Morgan fingerprint density at radius 3 is 2.76 bits per heavy atom. The van der Waals surface area contributed by atoms with Gasteiger partial charge in [-0.05, 0) is 12.5 Å². The second-order valence-corrected chi connectivity index (χ2v) is 5.58. The van der Waals surface area contributed by atoms with Crippen LogP contribution in [0.5, 0.6) is 0 Å². The highest BCUT2D eigenvalue weighted by Gasteiger charge is 2.10. The summed E-state index contributed by atoms with van der Waals surface area (Å²) in [5, 5.41) is 8.15. The lowest BCUT2D eigenvalue weighted by atomic mass is 10.2. The summed E-state index contributed by atoms with van der Waals surface area (Å²) >= 11 is 2.35. The smallest absolute Gasteiger partial charge is 0.374 e. The molecular weight excluding hydrogens is 256 g/mol. The fourth-order valence-electron chi connectivity index (χ4n) is 1.14. The van der Waals surface area contributed by atoms with Crippen LogP contribution >= 0.6 is 23.1 Å². The number of aryl methyl sites for hydroxylation is 1. The number of carbonyl (C=O) groups is 1. The Morgan fingerprint density at radius 1 is 1.35 bits per heavy atom. The number of aromatic nitrogens is 2. The minimum Gasteiger partial charge on any atom is -0.452 e. The predicted octanol–water partition coefficient (Wildman–Crippen LogP) is 3.28. The van der Waals surface area contributed by atoms with Gasteiger partial charge in [-0.15, -0.1) is 10.2 Å². The zero-order chi connectivity index (χ0) is 12.1. The van der Waals surface area contributed by atoms with Gasteiger partial charge in [0.1, 0.15) is 11.6 Å². The topological polar surface area (TPSA) is 52.1 Å². The van der Waals surface area contributed by atoms with Crippen molar-refractivity contribution in [3.8, 4) is 0 Å². The van der Waals surface area contributed by atoms with E-state index in [9.17, 15) is 4.79 Å². The monoisotopic (exact) mass is 266 g/mol. The third kappa shape index (κ3) is 3.83. The summed E-state index contributed by atoms with van der Waals surface area (Å²) in [6.45, 7) is 2.13. The second-order valence-electron chi connectivity index (χ2n) is 3.21. The van der Waals surface area contributed by atoms with Gasteiger partial charge < -0.3 is 4.74 Å². The van der Waals surface area contributed by atoms with Crippen LogP contribution in [-0.4, -0.2) is 15.5 Å². The first kappa shape index (κ1) is 12.1. The number of rotatable bonds is 3. The third-order valence-electron chi connectivity index (χ3n) is 1.88. The van der Waals surface area contributed by atoms with Crippen LogP contribution in [0.25, 0.3) is 0 Å². The highest BCUT2D eigenvalue weighted by molar-refractivity contribution is 8.14. The average molecular weight is 266 g/mol. The molecule has 0 fully saturated rings. The molecule has 0 atom stereocenters. The van der Waals surface area contributed by atoms with Crippen molar-refractivity contribution in [1.29, 1.82) is 0 Å². The van der Waals surface area contributed by atoms with Crippen LogP contribution in [0.4, 0.5) is 4.79 Å². The minimum atomic E-state index is -0.356. The third-order valence-corrected chi connectivity index (χ3v) is 3.55. The average Bonchev–Trinajstić information content (AvgIpc) is 2.73. The van der Waals surface area contributed by atoms with Crippen molar-refractivity contribution < 1.29 is 9.53 Å². The molecule has 0 saturated carbocycles. The Morgan fingerprint density at radius 2 is 2.12 bits per heavy atom. The number of thioether (sulfide) groups is 1. The zero-order valence-corrected chi connectivity index (χ0v) is 10.8. The number of hydrogen-bond donors (Lipinski definition) is 0. The molecule has 88 valence electrons. The number of carbonyl (C=O) groups excluding carboxylic acids is 1. The fourth-order valence-corrected chi connectivity index (χ4v) is 2.63. The van der Waals surface area contributed by atoms with E-state index in [1.807, 2.05) is 37.3 Å². The SMILES string of the molecule is Cc1nnc(SC(=O)OCc2ccccc2)s1. The van der Waals surface area contributed by atoms with E-state index in [1.165, 1.54) is 11.3 Å². The van der Waals surface area contributed by atoms with Crippen LogP contribution in [0.15, 0.2) is 34.7 Å². The summed E-state index contributed by atoms with van der Waals surface area (Å²) in [5.74, 6) is 0. The van der Waals surface area contributed by atoms with Gasteiger partial charge in [-0.1, -0.05) is 41.7 Å². The number of hydrogen-bond acceptors (Lipinski definition) is 6. The molecule has 0 aliphatic rings. The molecule has 0 radical (unpaired) electrons. The number of ether oxygens (including phenoxy) is 1. The van der Waals surface area contributed by atoms with Crippen LogP contribution in [0.2, 0.25) is 0 Å². The van der Waals surface area contributed by atoms with E-state index >= 15 is 0 Å². The molecule has 17 heavy (non-hydrogen) atoms. The van der Waals surface area contributed by atoms with Crippen LogP contribution < -0.4 is 0 Å². The molecule has 0 bridgehead atoms. The van der Waals surface area contributed by atoms with Crippen molar-refractivity contribution in [3.05, 3.63) is 40.9 Å². The molecule has 0 aliphatic heterocycles. The van der Waals surface area contributed by atoms with Crippen molar-refractivity contribution in [1.82, 2.24) is 10.2 Å². The van der Waals surface area contributed by atoms with Gasteiger partial charge in [-0.2, -0.15) is 0 Å². The Bertz CT molecular complexity index is 499. The summed E-state index contributed by atoms with van der Waals surface area (Å²) in [5.41, 5.74) is 0.967. The summed E-state index contributed by atoms with van der Waals surface area (Å²) < 4.78 is 5.72. The molecule has 2 rings (SSSR count). The summed E-state index contributed by atoms with van der Waals surface area (Å²) in [7, 11) is 0. The molecule has 1 aromatic heterocycles. The van der Waals surface area contributed by atoms with Crippen molar-refractivity contribution >= 4 is 28.4 Å². The van der Waals surface area contributed by atoms with Crippen LogP contribution in [0.1, 0.15) is 10.6 Å². The van der Waals surface area contributed by atoms with E-state index in [1.54, 1.807) is 0 Å². The van der Waals surface area contributed by atoms with Gasteiger partial charge >= 0.3 is 5.30 Å². The lowest BCUT2D eigenvalue weighted by Crippen LogP contribution is -1.97. The molecular formula is C11H10N2O2S2. The summed E-state index contributed by atoms with van der Waals surface area (Å²) in [6, 6.07) is 9.55. The van der Waals surface area contributed by atoms with Gasteiger partial charge in [0.05, 0.1) is 0 Å². The zero-order valence-electron chi connectivity index (χ0n) is 9.12. The van der Waals surface area contributed by atoms with Gasteiger partial charge in [0.15, 0.2) is 4.34 Å². The van der Waals surface area contributed by atoms with Crippen LogP contribution in [-0.2, 0) is 11.3 Å². The lowest BCUT2D eigenvalue weighted by Gasteiger charge is -2.02. The first-order chi connectivity index (χ1) is 8.24. The van der Waals surface area contributed by atoms with E-state index in [2.05, 4.69) is 10.2 Å². The van der Waals surface area contributed by atoms with Crippen molar-refractivity contribution in [2.75, 3.05) is 0 Å². The first-order valence-electron chi connectivity index (χ1n) is 4.92. The summed E-state index contributed by atoms with van der Waals surface area (Å²) in [4.78, 5) is 11.5. The van der Waals surface area contributed by atoms with Crippen molar-refractivity contribution in [2.45, 2.75) is 17.9 Å². The summed E-state index contributed by atoms with van der Waals surface area (Å²) in [6.07, 6.45) is 0. The first-order valence-corrected chi connectivity index (χ1v) is 6.56. The minimum absolute atomic E-state index is 0.282. The van der Waals surface area contributed by atoms with Crippen molar-refractivity contribution in [3.63, 3.8) is 0 Å². The molecule has 0 aliphatic carbocycles. The molecule has 6 heteroatoms. The van der Waals surface area contributed by atoms with Gasteiger partial charge in [-0.3, -0.25) is 0 Å². The van der Waals surface area contributed by atoms with Gasteiger partial charge in [0.2, 0.25) is 0 Å². The molecule has 2 aromatic rings. The molecule has 0 spiro atoms. The van der Waals surface area contributed by atoms with E-state index in [4.69, 9.17) is 4.74 Å². The molecule has 0 saturated heterocycles. The number of benzene rings is 1. The van der Waals surface area contributed by atoms with Gasteiger partial charge in [-0.25, -0.2) is 4.79 Å². The van der Waals surface area contributed by atoms with E-state index in [-0.39, 0.29) is 11.9 Å². The molecule has 1 heterocycles. The standard InChI is InChI=1S/C11H10N2O2S2/c1-8-12-13-10(16-8)17-11(14)15-7-9-5-3-2-4-6-9/h2-6H,7H2,1H3. The van der Waals surface area contributed by atoms with Gasteiger partial charge in [0, 0.05) is 11.8 Å². The maximum absolute atomic E-state index is 11.5. The Kier molecular flexibility index (Phi) is 4.11. The van der Waals surface area contributed by atoms with Gasteiger partial charge in [0.25, 0.3) is 0 Å². The molecule has 0 unspecified atom stereocenters. The maximum Gasteiger partial charge on any atom is 0.374 e. The van der Waals surface area contributed by atoms with E-state index in [0.717, 1.165) is 22.3 Å². The largest absolute Gasteiger partial charge is 0.452 e. The highest BCUT2D eigenvalue weighted by atomic mass is 32.2. The Labute approximate surface area is 107 Å². The van der Waals surface area contributed by atoms with Crippen LogP contribution in [0.3, 0.4) is 0 Å². The molecule has 1 aromatic carbocycles. The molecule has 0 N–H and O–H groups in total. The van der Waals surface area contributed by atoms with E-state index < -0.39 is 0 Å². The quantitative estimate of drug-likeness (QED) is 0.630. The Balaban J connectivity index is 1.82. The normalized spacial score (nSPS) is 10.2. The lowest BCUT2D eigenvalue weighted by molar-refractivity contribution is 0.168. The van der Waals surface area contributed by atoms with Crippen LogP contribution in [0, 0.1) is 6.92 Å². The van der Waals surface area contributed by atoms with Crippen molar-refractivity contribution in [2.24, 2.45) is 0 Å². The Hall–Kier alpha value is -1.40. The second kappa shape index (κ2) is 5.79. The highest BCUT2D eigenvalue weighted by Crippen LogP contribution is 2.23. The fraction of sp³-hybridized carbons (Fsp3) is 0.182. The molecule has 0 amide bonds. The number of nitrogens with zero attached hydrogens (tertiary/aromatic N) is 2. The van der Waals surface area contributed by atoms with E-state index in [0.29, 0.717) is 4.34 Å². The maximum atomic E-state index is 11.5. The molecule has 4 nitrogen and oxygen atoms in total.